The average molecular weight is 318 g/mol. The van der Waals surface area contributed by atoms with Crippen molar-refractivity contribution >= 4 is 15.7 Å². The fraction of sp³-hybridized carbons (Fsp3) is 0.929. The molecule has 21 heavy (non-hydrogen) atoms. The number of aliphatic hydroxyl groups excluding tert-OH is 1. The summed E-state index contributed by atoms with van der Waals surface area (Å²) in [6.45, 7) is 2.07. The van der Waals surface area contributed by atoms with Crippen LogP contribution in [0.25, 0.3) is 0 Å². The lowest BCUT2D eigenvalue weighted by atomic mass is 9.76. The van der Waals surface area contributed by atoms with Crippen LogP contribution in [0.5, 0.6) is 0 Å². The highest BCUT2D eigenvalue weighted by atomic mass is 32.2. The monoisotopic (exact) mass is 318 g/mol. The third-order valence-electron chi connectivity index (χ3n) is 4.71. The number of sulfone groups is 1. The summed E-state index contributed by atoms with van der Waals surface area (Å²) in [5, 5.41) is 9.23. The minimum atomic E-state index is -3.07. The Morgan fingerprint density at radius 3 is 2.67 bits per heavy atom. The first kappa shape index (κ1) is 16.7. The average Bonchev–Trinajstić information content (AvgIpc) is 2.75. The van der Waals surface area contributed by atoms with Crippen molar-refractivity contribution in [3.63, 3.8) is 0 Å². The Morgan fingerprint density at radius 1 is 1.43 bits per heavy atom. The van der Waals surface area contributed by atoms with Gasteiger partial charge in [0.25, 0.3) is 0 Å². The van der Waals surface area contributed by atoms with Crippen LogP contribution in [0, 0.1) is 5.92 Å². The van der Waals surface area contributed by atoms with E-state index in [2.05, 4.69) is 6.92 Å². The molecule has 1 saturated heterocycles. The quantitative estimate of drug-likeness (QED) is 0.754. The van der Waals surface area contributed by atoms with E-state index in [1.165, 1.54) is 4.90 Å². The molecule has 3 atom stereocenters. The Kier molecular flexibility index (Phi) is 4.95. The van der Waals surface area contributed by atoms with Gasteiger partial charge in [0.1, 0.15) is 0 Å². The standard InChI is InChI=1S/C14H26N2O4S/c1-11-3-2-5-14(15,9-11)13(18)16(6-7-17)12-4-8-21(19,20)10-12/h11-12,17H,2-10,15H2,1H3. The molecule has 3 unspecified atom stereocenters. The van der Waals surface area contributed by atoms with E-state index in [1.807, 2.05) is 0 Å². The highest BCUT2D eigenvalue weighted by Gasteiger charge is 2.44. The minimum absolute atomic E-state index is 0.00955. The van der Waals surface area contributed by atoms with Gasteiger partial charge in [-0.2, -0.15) is 0 Å². The van der Waals surface area contributed by atoms with Crippen LogP contribution < -0.4 is 5.73 Å². The Morgan fingerprint density at radius 2 is 2.14 bits per heavy atom. The first-order valence-electron chi connectivity index (χ1n) is 7.69. The molecule has 2 rings (SSSR count). The van der Waals surface area contributed by atoms with Crippen molar-refractivity contribution in [2.24, 2.45) is 11.7 Å². The lowest BCUT2D eigenvalue weighted by molar-refractivity contribution is -0.141. The van der Waals surface area contributed by atoms with Gasteiger partial charge in [-0.3, -0.25) is 4.79 Å². The highest BCUT2D eigenvalue weighted by molar-refractivity contribution is 7.91. The molecule has 0 aromatic carbocycles. The predicted molar refractivity (Wildman–Crippen MR) is 80.4 cm³/mol. The lowest BCUT2D eigenvalue weighted by Gasteiger charge is -2.40. The molecule has 7 heteroatoms. The lowest BCUT2D eigenvalue weighted by Crippen LogP contribution is -2.60. The molecule has 3 N–H and O–H groups in total. The number of carbonyl (C=O) groups is 1. The molecule has 1 aliphatic carbocycles. The summed E-state index contributed by atoms with van der Waals surface area (Å²) < 4.78 is 23.3. The van der Waals surface area contributed by atoms with Gasteiger partial charge in [0.15, 0.2) is 9.84 Å². The maximum atomic E-state index is 12.8. The highest BCUT2D eigenvalue weighted by Crippen LogP contribution is 2.33. The Hall–Kier alpha value is -0.660. The number of aliphatic hydroxyl groups is 1. The van der Waals surface area contributed by atoms with Crippen molar-refractivity contribution in [1.82, 2.24) is 4.90 Å². The van der Waals surface area contributed by atoms with E-state index in [0.29, 0.717) is 25.2 Å². The molecule has 6 nitrogen and oxygen atoms in total. The number of rotatable bonds is 4. The topological polar surface area (TPSA) is 101 Å². The van der Waals surface area contributed by atoms with Crippen LogP contribution in [0.3, 0.4) is 0 Å². The Bertz CT molecular complexity index is 493. The zero-order valence-electron chi connectivity index (χ0n) is 12.6. The van der Waals surface area contributed by atoms with Gasteiger partial charge in [-0.05, 0) is 25.2 Å². The molecule has 0 bridgehead atoms. The summed E-state index contributed by atoms with van der Waals surface area (Å²) >= 11 is 0. The molecule has 1 amide bonds. The molecular weight excluding hydrogens is 292 g/mol. The molecular formula is C14H26N2O4S. The van der Waals surface area contributed by atoms with E-state index in [1.54, 1.807) is 0 Å². The zero-order chi connectivity index (χ0) is 15.7. The van der Waals surface area contributed by atoms with E-state index in [4.69, 9.17) is 5.73 Å². The van der Waals surface area contributed by atoms with Gasteiger partial charge in [-0.15, -0.1) is 0 Å². The number of nitrogens with zero attached hydrogens (tertiary/aromatic N) is 1. The summed E-state index contributed by atoms with van der Waals surface area (Å²) in [6, 6.07) is -0.340. The van der Waals surface area contributed by atoms with Gasteiger partial charge in [0.2, 0.25) is 5.91 Å². The minimum Gasteiger partial charge on any atom is -0.395 e. The van der Waals surface area contributed by atoms with Crippen molar-refractivity contribution < 1.29 is 18.3 Å². The van der Waals surface area contributed by atoms with Gasteiger partial charge in [0.05, 0.1) is 23.7 Å². The van der Waals surface area contributed by atoms with Crippen LogP contribution in [0.15, 0.2) is 0 Å². The third kappa shape index (κ3) is 3.76. The molecule has 0 aromatic heterocycles. The maximum Gasteiger partial charge on any atom is 0.243 e. The van der Waals surface area contributed by atoms with Crippen LogP contribution in [0.2, 0.25) is 0 Å². The molecule has 122 valence electrons. The number of nitrogens with two attached hydrogens (primary N) is 1. The fourth-order valence-corrected chi connectivity index (χ4v) is 5.38. The Labute approximate surface area is 126 Å². The first-order chi connectivity index (χ1) is 9.77. The zero-order valence-corrected chi connectivity index (χ0v) is 13.4. The van der Waals surface area contributed by atoms with Crippen LogP contribution in [0.1, 0.15) is 39.0 Å². The number of amides is 1. The molecule has 1 heterocycles. The maximum absolute atomic E-state index is 12.8. The van der Waals surface area contributed by atoms with E-state index >= 15 is 0 Å². The molecule has 1 saturated carbocycles. The summed E-state index contributed by atoms with van der Waals surface area (Å²) in [4.78, 5) is 14.4. The predicted octanol–water partition coefficient (Wildman–Crippen LogP) is -0.0980. The van der Waals surface area contributed by atoms with Gasteiger partial charge < -0.3 is 15.7 Å². The molecule has 0 radical (unpaired) electrons. The molecule has 2 aliphatic rings. The molecule has 2 fully saturated rings. The molecule has 1 aliphatic heterocycles. The van der Waals surface area contributed by atoms with Crippen molar-refractivity contribution in [1.29, 1.82) is 0 Å². The summed E-state index contributed by atoms with van der Waals surface area (Å²) in [5.74, 6) is 0.312. The van der Waals surface area contributed by atoms with Crippen LogP contribution >= 0.6 is 0 Å². The van der Waals surface area contributed by atoms with Crippen molar-refractivity contribution in [3.8, 4) is 0 Å². The van der Waals surface area contributed by atoms with Gasteiger partial charge in [0, 0.05) is 12.6 Å². The summed E-state index contributed by atoms with van der Waals surface area (Å²) in [5.41, 5.74) is 5.43. The van der Waals surface area contributed by atoms with Crippen LogP contribution in [0.4, 0.5) is 0 Å². The number of hydrogen-bond donors (Lipinski definition) is 2. The van der Waals surface area contributed by atoms with Gasteiger partial charge in [-0.1, -0.05) is 19.8 Å². The summed E-state index contributed by atoms with van der Waals surface area (Å²) in [6.07, 6.45) is 3.70. The van der Waals surface area contributed by atoms with E-state index in [-0.39, 0.29) is 36.6 Å². The van der Waals surface area contributed by atoms with Crippen molar-refractivity contribution in [3.05, 3.63) is 0 Å². The second-order valence-electron chi connectivity index (χ2n) is 6.64. The van der Waals surface area contributed by atoms with Crippen molar-refractivity contribution in [2.75, 3.05) is 24.7 Å². The normalized spacial score (nSPS) is 35.6. The van der Waals surface area contributed by atoms with E-state index in [9.17, 15) is 18.3 Å². The third-order valence-corrected chi connectivity index (χ3v) is 6.46. The van der Waals surface area contributed by atoms with Crippen LogP contribution in [-0.4, -0.2) is 60.6 Å². The second-order valence-corrected chi connectivity index (χ2v) is 8.87. The second kappa shape index (κ2) is 6.22. The molecule has 0 aromatic rings. The largest absolute Gasteiger partial charge is 0.395 e. The number of carbonyl (C=O) groups excluding carboxylic acids is 1. The van der Waals surface area contributed by atoms with Gasteiger partial charge >= 0.3 is 0 Å². The Balaban J connectivity index is 2.15. The van der Waals surface area contributed by atoms with Crippen LogP contribution in [-0.2, 0) is 14.6 Å². The SMILES string of the molecule is CC1CCCC(N)(C(=O)N(CCO)C2CCS(=O)(=O)C2)C1. The van der Waals surface area contributed by atoms with Gasteiger partial charge in [-0.25, -0.2) is 8.42 Å². The summed E-state index contributed by atoms with van der Waals surface area (Å²) in [7, 11) is -3.07. The fourth-order valence-electron chi connectivity index (χ4n) is 3.65. The van der Waals surface area contributed by atoms with Crippen molar-refractivity contribution in [2.45, 2.75) is 50.6 Å². The number of hydrogen-bond acceptors (Lipinski definition) is 5. The first-order valence-corrected chi connectivity index (χ1v) is 9.51. The van der Waals surface area contributed by atoms with E-state index < -0.39 is 15.4 Å². The smallest absolute Gasteiger partial charge is 0.243 e. The molecule has 0 spiro atoms. The van der Waals surface area contributed by atoms with E-state index in [0.717, 1.165) is 12.8 Å².